The first-order valence-electron chi connectivity index (χ1n) is 10.4. The second-order valence-corrected chi connectivity index (χ2v) is 9.81. The van der Waals surface area contributed by atoms with Gasteiger partial charge in [0.1, 0.15) is 12.6 Å². The van der Waals surface area contributed by atoms with Crippen LogP contribution in [0, 0.1) is 3.57 Å². The highest BCUT2D eigenvalue weighted by atomic mass is 127. The van der Waals surface area contributed by atoms with Gasteiger partial charge in [0.2, 0.25) is 5.91 Å². The zero-order valence-corrected chi connectivity index (χ0v) is 21.5. The summed E-state index contributed by atoms with van der Waals surface area (Å²) in [6.45, 7) is 0.0603. The molecule has 0 bridgehead atoms. The number of benzene rings is 3. The minimum atomic E-state index is -1.30. The summed E-state index contributed by atoms with van der Waals surface area (Å²) in [5, 5.41) is 14.3. The molecule has 0 aromatic heterocycles. The standard InChI is InChI=1S/C25H20BrIN2O5/c26-14-9-10-20(27)21(11-14)28-24(32)22(12-23(30)31)29-25(33)34-13-19-17-7-3-1-5-15(17)16-6-2-4-8-18(16)19/h1-11,19,22H,12-13H2,(H,28,32)(H,29,33)(H,30,31). The molecule has 9 heteroatoms. The second kappa shape index (κ2) is 10.6. The van der Waals surface area contributed by atoms with Crippen molar-refractivity contribution in [3.63, 3.8) is 0 Å². The molecule has 0 fully saturated rings. The van der Waals surface area contributed by atoms with Crippen molar-refractivity contribution in [2.45, 2.75) is 18.4 Å². The number of carboxylic acid groups (broad SMARTS) is 1. The molecule has 0 spiro atoms. The van der Waals surface area contributed by atoms with Crippen molar-refractivity contribution in [2.24, 2.45) is 0 Å². The molecule has 7 nitrogen and oxygen atoms in total. The molecule has 174 valence electrons. The van der Waals surface area contributed by atoms with Gasteiger partial charge < -0.3 is 20.5 Å². The molecule has 0 heterocycles. The molecule has 3 aromatic carbocycles. The SMILES string of the molecule is O=C(O)CC(NC(=O)OCC1c2ccccc2-c2ccccc21)C(=O)Nc1cc(Br)ccc1I. The highest BCUT2D eigenvalue weighted by molar-refractivity contribution is 14.1. The fourth-order valence-corrected chi connectivity index (χ4v) is 4.81. The van der Waals surface area contributed by atoms with Gasteiger partial charge in [0.25, 0.3) is 0 Å². The summed E-state index contributed by atoms with van der Waals surface area (Å²) in [6.07, 6.45) is -1.44. The van der Waals surface area contributed by atoms with Crippen molar-refractivity contribution in [1.29, 1.82) is 0 Å². The first kappa shape index (κ1) is 24.2. The lowest BCUT2D eigenvalue weighted by molar-refractivity contribution is -0.139. The lowest BCUT2D eigenvalue weighted by Crippen LogP contribution is -2.45. The Morgan fingerprint density at radius 3 is 2.24 bits per heavy atom. The molecule has 0 radical (unpaired) electrons. The summed E-state index contributed by atoms with van der Waals surface area (Å²) in [5.41, 5.74) is 4.81. The second-order valence-electron chi connectivity index (χ2n) is 7.73. The van der Waals surface area contributed by atoms with E-state index < -0.39 is 30.4 Å². The number of ether oxygens (including phenoxy) is 1. The molecule has 3 aromatic rings. The molecule has 2 amide bonds. The fraction of sp³-hybridized carbons (Fsp3) is 0.160. The highest BCUT2D eigenvalue weighted by Crippen LogP contribution is 2.44. The van der Waals surface area contributed by atoms with Gasteiger partial charge in [-0.1, -0.05) is 64.5 Å². The van der Waals surface area contributed by atoms with E-state index in [0.29, 0.717) is 5.69 Å². The van der Waals surface area contributed by atoms with Gasteiger partial charge in [-0.3, -0.25) is 9.59 Å². The lowest BCUT2D eigenvalue weighted by atomic mass is 9.98. The molecule has 0 aliphatic heterocycles. The zero-order chi connectivity index (χ0) is 24.2. The molecule has 3 N–H and O–H groups in total. The Bertz CT molecular complexity index is 1220. The van der Waals surface area contributed by atoms with E-state index in [1.54, 1.807) is 12.1 Å². The summed E-state index contributed by atoms with van der Waals surface area (Å²) >= 11 is 5.40. The Morgan fingerprint density at radius 1 is 1.00 bits per heavy atom. The summed E-state index contributed by atoms with van der Waals surface area (Å²) in [6, 6.07) is 19.9. The molecule has 1 atom stereocenters. The maximum atomic E-state index is 12.8. The predicted octanol–water partition coefficient (Wildman–Crippen LogP) is 5.37. The van der Waals surface area contributed by atoms with Crippen LogP contribution in [-0.2, 0) is 14.3 Å². The van der Waals surface area contributed by atoms with E-state index in [0.717, 1.165) is 30.3 Å². The number of hydrogen-bond donors (Lipinski definition) is 3. The van der Waals surface area contributed by atoms with E-state index in [2.05, 4.69) is 49.2 Å². The zero-order valence-electron chi connectivity index (χ0n) is 17.8. The summed E-state index contributed by atoms with van der Waals surface area (Å²) in [4.78, 5) is 36.7. The number of carbonyl (C=O) groups is 3. The van der Waals surface area contributed by atoms with Gasteiger partial charge in [-0.15, -0.1) is 0 Å². The van der Waals surface area contributed by atoms with Crippen LogP contribution in [0.3, 0.4) is 0 Å². The molecule has 1 aliphatic rings. The predicted molar refractivity (Wildman–Crippen MR) is 140 cm³/mol. The van der Waals surface area contributed by atoms with E-state index in [4.69, 9.17) is 4.74 Å². The number of anilines is 1. The normalized spacial score (nSPS) is 12.9. The molecule has 1 unspecified atom stereocenters. The molecule has 1 aliphatic carbocycles. The van der Waals surface area contributed by atoms with E-state index in [1.165, 1.54) is 0 Å². The van der Waals surface area contributed by atoms with Gasteiger partial charge in [-0.2, -0.15) is 0 Å². The fourth-order valence-electron chi connectivity index (χ4n) is 3.98. The quantitative estimate of drug-likeness (QED) is 0.303. The van der Waals surface area contributed by atoms with Crippen molar-refractivity contribution in [1.82, 2.24) is 5.32 Å². The average Bonchev–Trinajstić information content (AvgIpc) is 3.13. The number of fused-ring (bicyclic) bond motifs is 3. The van der Waals surface area contributed by atoms with Crippen molar-refractivity contribution in [3.05, 3.63) is 85.9 Å². The number of nitrogens with one attached hydrogen (secondary N) is 2. The minimum absolute atomic E-state index is 0.0603. The van der Waals surface area contributed by atoms with Crippen LogP contribution in [0.5, 0.6) is 0 Å². The number of rotatable bonds is 7. The van der Waals surface area contributed by atoms with Crippen molar-refractivity contribution < 1.29 is 24.2 Å². The maximum Gasteiger partial charge on any atom is 0.407 e. The molecular weight excluding hydrogens is 615 g/mol. The van der Waals surface area contributed by atoms with Gasteiger partial charge in [-0.05, 0) is 63.0 Å². The Balaban J connectivity index is 1.44. The average molecular weight is 635 g/mol. The largest absolute Gasteiger partial charge is 0.481 e. The first-order valence-corrected chi connectivity index (χ1v) is 12.3. The Labute approximate surface area is 218 Å². The van der Waals surface area contributed by atoms with Crippen molar-refractivity contribution >= 4 is 62.2 Å². The molecule has 4 rings (SSSR count). The van der Waals surface area contributed by atoms with E-state index in [9.17, 15) is 19.5 Å². The molecule has 0 saturated heterocycles. The van der Waals surface area contributed by atoms with Crippen LogP contribution in [0.1, 0.15) is 23.5 Å². The first-order chi connectivity index (χ1) is 16.3. The lowest BCUT2D eigenvalue weighted by Gasteiger charge is -2.19. The van der Waals surface area contributed by atoms with Crippen LogP contribution in [0.4, 0.5) is 10.5 Å². The van der Waals surface area contributed by atoms with Gasteiger partial charge in [0, 0.05) is 14.0 Å². The molecule has 34 heavy (non-hydrogen) atoms. The molecule has 0 saturated carbocycles. The number of hydrogen-bond acceptors (Lipinski definition) is 4. The van der Waals surface area contributed by atoms with Crippen LogP contribution in [0.2, 0.25) is 0 Å². The maximum absolute atomic E-state index is 12.8. The van der Waals surface area contributed by atoms with Crippen LogP contribution in [0.25, 0.3) is 11.1 Å². The number of amides is 2. The minimum Gasteiger partial charge on any atom is -0.481 e. The van der Waals surface area contributed by atoms with E-state index in [-0.39, 0.29) is 12.5 Å². The Kier molecular flexibility index (Phi) is 7.52. The monoisotopic (exact) mass is 634 g/mol. The summed E-state index contributed by atoms with van der Waals surface area (Å²) < 4.78 is 6.98. The van der Waals surface area contributed by atoms with E-state index >= 15 is 0 Å². The third kappa shape index (κ3) is 5.41. The smallest absolute Gasteiger partial charge is 0.407 e. The van der Waals surface area contributed by atoms with Crippen molar-refractivity contribution in [2.75, 3.05) is 11.9 Å². The topological polar surface area (TPSA) is 105 Å². The number of aliphatic carboxylic acids is 1. The van der Waals surface area contributed by atoms with Crippen LogP contribution >= 0.6 is 38.5 Å². The van der Waals surface area contributed by atoms with Crippen LogP contribution < -0.4 is 10.6 Å². The number of alkyl carbamates (subject to hydrolysis) is 1. The van der Waals surface area contributed by atoms with Crippen LogP contribution in [-0.4, -0.2) is 35.7 Å². The number of carbonyl (C=O) groups excluding carboxylic acids is 2. The van der Waals surface area contributed by atoms with Gasteiger partial charge >= 0.3 is 12.1 Å². The third-order valence-corrected chi connectivity index (χ3v) is 6.95. The van der Waals surface area contributed by atoms with Crippen molar-refractivity contribution in [3.8, 4) is 11.1 Å². The number of halogens is 2. The third-order valence-electron chi connectivity index (χ3n) is 5.52. The number of carboxylic acids is 1. The molecular formula is C25H20BrIN2O5. The Morgan fingerprint density at radius 2 is 1.62 bits per heavy atom. The van der Waals surface area contributed by atoms with E-state index in [1.807, 2.05) is 54.6 Å². The van der Waals surface area contributed by atoms with Gasteiger partial charge in [0.05, 0.1) is 12.1 Å². The van der Waals surface area contributed by atoms with Gasteiger partial charge in [-0.25, -0.2) is 4.79 Å². The summed E-state index contributed by atoms with van der Waals surface area (Å²) in [5.74, 6) is -2.01. The van der Waals surface area contributed by atoms with Gasteiger partial charge in [0.15, 0.2) is 0 Å². The summed E-state index contributed by atoms with van der Waals surface area (Å²) in [7, 11) is 0. The van der Waals surface area contributed by atoms with Crippen LogP contribution in [0.15, 0.2) is 71.2 Å². The highest BCUT2D eigenvalue weighted by Gasteiger charge is 2.30. The Hall–Kier alpha value is -2.92.